The van der Waals surface area contributed by atoms with Crippen molar-refractivity contribution in [2.24, 2.45) is 0 Å². The summed E-state index contributed by atoms with van der Waals surface area (Å²) in [5.41, 5.74) is 0. The zero-order valence-corrected chi connectivity index (χ0v) is 8.15. The molecule has 0 saturated carbocycles. The first-order valence-electron chi connectivity index (χ1n) is 4.25. The van der Waals surface area contributed by atoms with Gasteiger partial charge in [0.25, 0.3) is 11.7 Å². The van der Waals surface area contributed by atoms with Crippen molar-refractivity contribution in [1.82, 2.24) is 5.32 Å². The van der Waals surface area contributed by atoms with Crippen LogP contribution in [0.15, 0.2) is 30.3 Å². The third kappa shape index (κ3) is 2.47. The quantitative estimate of drug-likeness (QED) is 0.691. The number of benzene rings is 1. The zero-order chi connectivity index (χ0) is 10.6. The monoisotopic (exact) mass is 195 g/mol. The van der Waals surface area contributed by atoms with E-state index in [2.05, 4.69) is 5.32 Å². The van der Waals surface area contributed by atoms with E-state index >= 15 is 0 Å². The maximum absolute atomic E-state index is 11.2. The van der Waals surface area contributed by atoms with E-state index in [-0.39, 0.29) is 0 Å². The molecule has 4 nitrogen and oxygen atoms in total. The fraction of sp³-hybridized carbons (Fsp3) is 0.300. The summed E-state index contributed by atoms with van der Waals surface area (Å²) in [6.07, 6.45) is 0. The number of rotatable bonds is 3. The van der Waals surface area contributed by atoms with E-state index < -0.39 is 11.7 Å². The molecule has 0 heterocycles. The Kier molecular flexibility index (Phi) is 3.09. The number of hydrogen-bond donors (Lipinski definition) is 2. The minimum absolute atomic E-state index is 0.445. The van der Waals surface area contributed by atoms with Crippen molar-refractivity contribution in [1.29, 1.82) is 0 Å². The fourth-order valence-electron chi connectivity index (χ4n) is 0.996. The third-order valence-electron chi connectivity index (χ3n) is 1.71. The standard InChI is InChI=1S/C10H13NO3/c1-10(13,9(12)11-2)14-8-6-4-3-5-7-8/h3-7,13H,1-2H3,(H,11,12). The van der Waals surface area contributed by atoms with Crippen LogP contribution in [0.4, 0.5) is 0 Å². The Morgan fingerprint density at radius 3 is 2.50 bits per heavy atom. The van der Waals surface area contributed by atoms with Crippen LogP contribution < -0.4 is 10.1 Å². The summed E-state index contributed by atoms with van der Waals surface area (Å²) in [6.45, 7) is 1.29. The fourth-order valence-corrected chi connectivity index (χ4v) is 0.996. The molecule has 0 aliphatic heterocycles. The summed E-state index contributed by atoms with van der Waals surface area (Å²) in [4.78, 5) is 11.2. The Labute approximate surface area is 82.5 Å². The molecule has 1 atom stereocenters. The number of para-hydroxylation sites is 1. The second-order valence-corrected chi connectivity index (χ2v) is 2.98. The molecule has 0 radical (unpaired) electrons. The summed E-state index contributed by atoms with van der Waals surface area (Å²) < 4.78 is 5.10. The lowest BCUT2D eigenvalue weighted by Gasteiger charge is -2.22. The van der Waals surface area contributed by atoms with Gasteiger partial charge < -0.3 is 15.2 Å². The maximum atomic E-state index is 11.2. The van der Waals surface area contributed by atoms with Crippen molar-refractivity contribution in [2.75, 3.05) is 7.05 Å². The number of carbonyl (C=O) groups excluding carboxylic acids is 1. The van der Waals surface area contributed by atoms with Gasteiger partial charge in [-0.25, -0.2) is 0 Å². The number of carbonyl (C=O) groups is 1. The summed E-state index contributed by atoms with van der Waals surface area (Å²) in [7, 11) is 1.44. The first-order chi connectivity index (χ1) is 6.56. The molecule has 1 rings (SSSR count). The van der Waals surface area contributed by atoms with E-state index in [0.717, 1.165) is 0 Å². The van der Waals surface area contributed by atoms with Gasteiger partial charge in [0.2, 0.25) is 0 Å². The van der Waals surface area contributed by atoms with E-state index in [1.54, 1.807) is 24.3 Å². The van der Waals surface area contributed by atoms with Gasteiger partial charge in [-0.2, -0.15) is 0 Å². The summed E-state index contributed by atoms with van der Waals surface area (Å²) in [6, 6.07) is 8.67. The molecule has 0 aliphatic carbocycles. The minimum Gasteiger partial charge on any atom is -0.453 e. The lowest BCUT2D eigenvalue weighted by molar-refractivity contribution is -0.168. The van der Waals surface area contributed by atoms with E-state index in [1.807, 2.05) is 6.07 Å². The highest BCUT2D eigenvalue weighted by atomic mass is 16.6. The Morgan fingerprint density at radius 2 is 2.00 bits per heavy atom. The molecule has 2 N–H and O–H groups in total. The molecule has 1 unspecified atom stereocenters. The van der Waals surface area contributed by atoms with E-state index in [1.165, 1.54) is 14.0 Å². The molecule has 14 heavy (non-hydrogen) atoms. The second-order valence-electron chi connectivity index (χ2n) is 2.98. The van der Waals surface area contributed by atoms with Crippen LogP contribution in [0.2, 0.25) is 0 Å². The van der Waals surface area contributed by atoms with Crippen LogP contribution in [-0.4, -0.2) is 23.8 Å². The predicted molar refractivity (Wildman–Crippen MR) is 51.8 cm³/mol. The third-order valence-corrected chi connectivity index (χ3v) is 1.71. The molecule has 0 saturated heterocycles. The molecule has 76 valence electrons. The van der Waals surface area contributed by atoms with Gasteiger partial charge in [0, 0.05) is 14.0 Å². The van der Waals surface area contributed by atoms with E-state index in [0.29, 0.717) is 5.75 Å². The number of aliphatic hydroxyl groups is 1. The van der Waals surface area contributed by atoms with Gasteiger partial charge in [0.05, 0.1) is 0 Å². The van der Waals surface area contributed by atoms with Crippen LogP contribution in [0.1, 0.15) is 6.92 Å². The molecule has 4 heteroatoms. The summed E-state index contributed by atoms with van der Waals surface area (Å²) in [5, 5.41) is 11.9. The van der Waals surface area contributed by atoms with Gasteiger partial charge in [-0.3, -0.25) is 4.79 Å². The molecular formula is C10H13NO3. The highest BCUT2D eigenvalue weighted by Gasteiger charge is 2.31. The lowest BCUT2D eigenvalue weighted by atomic mass is 10.3. The molecule has 1 aromatic carbocycles. The van der Waals surface area contributed by atoms with Crippen molar-refractivity contribution < 1.29 is 14.6 Å². The molecule has 0 fully saturated rings. The lowest BCUT2D eigenvalue weighted by Crippen LogP contribution is -2.47. The Bertz CT molecular complexity index is 308. The number of amides is 1. The Morgan fingerprint density at radius 1 is 1.43 bits per heavy atom. The van der Waals surface area contributed by atoms with Crippen LogP contribution >= 0.6 is 0 Å². The number of nitrogens with one attached hydrogen (secondary N) is 1. The Balaban J connectivity index is 2.73. The Hall–Kier alpha value is -1.55. The SMILES string of the molecule is CNC(=O)C(C)(O)Oc1ccccc1. The average molecular weight is 195 g/mol. The normalized spacial score (nSPS) is 14.2. The van der Waals surface area contributed by atoms with Crippen molar-refractivity contribution in [3.8, 4) is 5.75 Å². The van der Waals surface area contributed by atoms with Gasteiger partial charge in [0.15, 0.2) is 0 Å². The molecule has 0 spiro atoms. The van der Waals surface area contributed by atoms with Crippen LogP contribution in [0.25, 0.3) is 0 Å². The van der Waals surface area contributed by atoms with Crippen LogP contribution in [-0.2, 0) is 4.79 Å². The first kappa shape index (κ1) is 10.5. The first-order valence-corrected chi connectivity index (χ1v) is 4.25. The van der Waals surface area contributed by atoms with Crippen molar-refractivity contribution in [3.05, 3.63) is 30.3 Å². The summed E-state index contributed by atoms with van der Waals surface area (Å²) >= 11 is 0. The van der Waals surface area contributed by atoms with Crippen LogP contribution in [0, 0.1) is 0 Å². The van der Waals surface area contributed by atoms with Crippen LogP contribution in [0.5, 0.6) is 5.75 Å². The van der Waals surface area contributed by atoms with Crippen LogP contribution in [0.3, 0.4) is 0 Å². The maximum Gasteiger partial charge on any atom is 0.292 e. The molecule has 0 bridgehead atoms. The predicted octanol–water partition coefficient (Wildman–Crippen LogP) is 0.520. The number of hydrogen-bond acceptors (Lipinski definition) is 3. The molecule has 1 amide bonds. The molecular weight excluding hydrogens is 182 g/mol. The average Bonchev–Trinajstić information content (AvgIpc) is 2.17. The van der Waals surface area contributed by atoms with Gasteiger partial charge >= 0.3 is 0 Å². The van der Waals surface area contributed by atoms with Crippen molar-refractivity contribution in [2.45, 2.75) is 12.7 Å². The van der Waals surface area contributed by atoms with Crippen molar-refractivity contribution in [3.63, 3.8) is 0 Å². The highest BCUT2D eigenvalue weighted by molar-refractivity contribution is 5.82. The van der Waals surface area contributed by atoms with Gasteiger partial charge in [-0.15, -0.1) is 0 Å². The second kappa shape index (κ2) is 4.11. The van der Waals surface area contributed by atoms with Gasteiger partial charge in [-0.1, -0.05) is 18.2 Å². The van der Waals surface area contributed by atoms with Gasteiger partial charge in [-0.05, 0) is 12.1 Å². The summed E-state index contributed by atoms with van der Waals surface area (Å²) in [5.74, 6) is -1.97. The molecule has 0 aromatic heterocycles. The minimum atomic E-state index is -1.84. The van der Waals surface area contributed by atoms with E-state index in [9.17, 15) is 9.90 Å². The number of ether oxygens (including phenoxy) is 1. The van der Waals surface area contributed by atoms with E-state index in [4.69, 9.17) is 4.74 Å². The highest BCUT2D eigenvalue weighted by Crippen LogP contribution is 2.15. The molecule has 0 aliphatic rings. The molecule has 1 aromatic rings. The number of likely N-dealkylation sites (N-methyl/N-ethyl adjacent to an activating group) is 1. The largest absolute Gasteiger partial charge is 0.453 e. The van der Waals surface area contributed by atoms with Crippen molar-refractivity contribution >= 4 is 5.91 Å². The zero-order valence-electron chi connectivity index (χ0n) is 8.15. The topological polar surface area (TPSA) is 58.6 Å². The van der Waals surface area contributed by atoms with Gasteiger partial charge in [0.1, 0.15) is 5.75 Å². The smallest absolute Gasteiger partial charge is 0.292 e.